The highest BCUT2D eigenvalue weighted by Gasteiger charge is 2.26. The molecule has 0 spiro atoms. The second kappa shape index (κ2) is 6.29. The predicted molar refractivity (Wildman–Crippen MR) is 79.8 cm³/mol. The van der Waals surface area contributed by atoms with Gasteiger partial charge in [0.1, 0.15) is 0 Å². The van der Waals surface area contributed by atoms with E-state index in [0.717, 1.165) is 0 Å². The summed E-state index contributed by atoms with van der Waals surface area (Å²) in [7, 11) is -4.74. The molecule has 108 valence electrons. The number of Topliss-reactive ketones (excluding diaryl/α,β-unsaturated/α-hetero) is 1. The van der Waals surface area contributed by atoms with Crippen LogP contribution in [0.2, 0.25) is 0 Å². The maximum absolute atomic E-state index is 12.1. The first-order valence-electron chi connectivity index (χ1n) is 5.94. The second-order valence-corrected chi connectivity index (χ2v) is 5.40. The molecule has 0 bridgehead atoms. The van der Waals surface area contributed by atoms with Crippen LogP contribution in [0.3, 0.4) is 0 Å². The fourth-order valence-corrected chi connectivity index (χ4v) is 2.08. The molecule has 7 heteroatoms. The lowest BCUT2D eigenvalue weighted by atomic mass is 10.1. The third kappa shape index (κ3) is 3.98. The number of rotatable bonds is 4. The Kier molecular flexibility index (Phi) is 4.46. The summed E-state index contributed by atoms with van der Waals surface area (Å²) in [5.41, 5.74) is 3.03. The van der Waals surface area contributed by atoms with Gasteiger partial charge in [0.15, 0.2) is 0 Å². The van der Waals surface area contributed by atoms with Crippen molar-refractivity contribution in [2.45, 2.75) is 0 Å². The van der Waals surface area contributed by atoms with Crippen LogP contribution in [0, 0.1) is 0 Å². The van der Waals surface area contributed by atoms with Gasteiger partial charge in [-0.2, -0.15) is 13.5 Å². The van der Waals surface area contributed by atoms with Crippen LogP contribution in [0.4, 0.5) is 5.69 Å². The Balaban J connectivity index is 2.34. The Labute approximate surface area is 121 Å². The van der Waals surface area contributed by atoms with E-state index in [0.29, 0.717) is 5.69 Å². The largest absolute Gasteiger partial charge is 0.317 e. The third-order valence-corrected chi connectivity index (χ3v) is 3.30. The van der Waals surface area contributed by atoms with Crippen LogP contribution in [0.15, 0.2) is 65.8 Å². The highest BCUT2D eigenvalue weighted by molar-refractivity contribution is 8.03. The molecule has 0 amide bonds. The van der Waals surface area contributed by atoms with Gasteiger partial charge in [-0.15, -0.1) is 0 Å². The molecule has 2 N–H and O–H groups in total. The van der Waals surface area contributed by atoms with Crippen molar-refractivity contribution in [1.29, 1.82) is 0 Å². The lowest BCUT2D eigenvalue weighted by molar-refractivity contribution is 0.106. The van der Waals surface area contributed by atoms with E-state index in [2.05, 4.69) is 10.5 Å². The number of nitrogens with one attached hydrogen (secondary N) is 1. The summed E-state index contributed by atoms with van der Waals surface area (Å²) in [4.78, 5) is 12.1. The molecule has 0 radical (unpaired) electrons. The summed E-state index contributed by atoms with van der Waals surface area (Å²) in [6.07, 6.45) is 0. The smallest absolute Gasteiger partial charge is 0.286 e. The van der Waals surface area contributed by atoms with Crippen molar-refractivity contribution >= 4 is 26.6 Å². The Morgan fingerprint density at radius 3 is 2.00 bits per heavy atom. The van der Waals surface area contributed by atoms with E-state index in [1.54, 1.807) is 48.5 Å². The first kappa shape index (κ1) is 14.9. The van der Waals surface area contributed by atoms with Crippen molar-refractivity contribution in [2.24, 2.45) is 5.10 Å². The summed E-state index contributed by atoms with van der Waals surface area (Å²) >= 11 is 0. The molecule has 0 aromatic heterocycles. The van der Waals surface area contributed by atoms with Crippen molar-refractivity contribution in [1.82, 2.24) is 0 Å². The molecule has 0 aliphatic rings. The standard InChI is InChI=1S/C14H12N2O4S/c17-13(11-7-3-1-4-8-11)14(21(18,19)20)16-15-12-9-5-2-6-10-12/h1-10,15H,(H,18,19,20)/b16-14+. The summed E-state index contributed by atoms with van der Waals surface area (Å²) in [5, 5.41) is 2.56. The van der Waals surface area contributed by atoms with Crippen molar-refractivity contribution in [2.75, 3.05) is 5.43 Å². The lowest BCUT2D eigenvalue weighted by Crippen LogP contribution is -2.25. The highest BCUT2D eigenvalue weighted by atomic mass is 32.2. The number of anilines is 1. The van der Waals surface area contributed by atoms with E-state index >= 15 is 0 Å². The van der Waals surface area contributed by atoms with E-state index in [4.69, 9.17) is 4.55 Å². The SMILES string of the molecule is O=C(/C(=N\Nc1ccccc1)S(=O)(=O)O)c1ccccc1. The van der Waals surface area contributed by atoms with E-state index in [1.165, 1.54) is 12.1 Å². The topological polar surface area (TPSA) is 95.8 Å². The Hall–Kier alpha value is -2.51. The molecule has 21 heavy (non-hydrogen) atoms. The monoisotopic (exact) mass is 304 g/mol. The Morgan fingerprint density at radius 2 is 1.48 bits per heavy atom. The molecule has 0 aliphatic heterocycles. The summed E-state index contributed by atoms with van der Waals surface area (Å²) in [5.74, 6) is -0.887. The number of para-hydroxylation sites is 1. The van der Waals surface area contributed by atoms with Crippen molar-refractivity contribution < 1.29 is 17.8 Å². The van der Waals surface area contributed by atoms with Crippen molar-refractivity contribution in [3.05, 3.63) is 66.2 Å². The van der Waals surface area contributed by atoms with Gasteiger partial charge in [-0.05, 0) is 12.1 Å². The molecule has 0 saturated carbocycles. The van der Waals surface area contributed by atoms with Crippen molar-refractivity contribution in [3.8, 4) is 0 Å². The van der Waals surface area contributed by atoms with Gasteiger partial charge in [0, 0.05) is 5.56 Å². The van der Waals surface area contributed by atoms with Crippen LogP contribution < -0.4 is 5.43 Å². The number of carbonyl (C=O) groups is 1. The van der Waals surface area contributed by atoms with Gasteiger partial charge >= 0.3 is 10.1 Å². The van der Waals surface area contributed by atoms with Gasteiger partial charge in [0.2, 0.25) is 10.8 Å². The van der Waals surface area contributed by atoms with Gasteiger partial charge in [-0.3, -0.25) is 14.8 Å². The number of nitrogens with zero attached hydrogens (tertiary/aromatic N) is 1. The molecule has 0 unspecified atom stereocenters. The van der Waals surface area contributed by atoms with Crippen LogP contribution in [-0.4, -0.2) is 23.8 Å². The number of hydrazone groups is 1. The molecule has 0 atom stereocenters. The van der Waals surface area contributed by atoms with Gasteiger partial charge in [0.05, 0.1) is 5.69 Å². The molecule has 0 fully saturated rings. The highest BCUT2D eigenvalue weighted by Crippen LogP contribution is 2.08. The molecular weight excluding hydrogens is 292 g/mol. The number of hydrogen-bond donors (Lipinski definition) is 2. The van der Waals surface area contributed by atoms with Crippen LogP contribution in [0.5, 0.6) is 0 Å². The Morgan fingerprint density at radius 1 is 0.952 bits per heavy atom. The second-order valence-electron chi connectivity index (χ2n) is 4.07. The molecule has 6 nitrogen and oxygen atoms in total. The quantitative estimate of drug-likeness (QED) is 0.297. The third-order valence-electron chi connectivity index (χ3n) is 2.53. The van der Waals surface area contributed by atoms with Crippen molar-refractivity contribution in [3.63, 3.8) is 0 Å². The first-order chi connectivity index (χ1) is 9.98. The minimum absolute atomic E-state index is 0.115. The van der Waals surface area contributed by atoms with Crippen LogP contribution in [-0.2, 0) is 10.1 Å². The number of benzene rings is 2. The minimum Gasteiger partial charge on any atom is -0.286 e. The Bertz CT molecular complexity index is 756. The maximum Gasteiger partial charge on any atom is 0.317 e. The summed E-state index contributed by atoms with van der Waals surface area (Å²) < 4.78 is 31.8. The minimum atomic E-state index is -4.74. The zero-order valence-corrected chi connectivity index (χ0v) is 11.6. The lowest BCUT2D eigenvalue weighted by Gasteiger charge is -2.04. The summed E-state index contributed by atoms with van der Waals surface area (Å²) in [6, 6.07) is 16.2. The zero-order valence-electron chi connectivity index (χ0n) is 10.8. The number of hydrogen-bond acceptors (Lipinski definition) is 5. The average Bonchev–Trinajstić information content (AvgIpc) is 2.48. The molecule has 2 aromatic carbocycles. The predicted octanol–water partition coefficient (Wildman–Crippen LogP) is 2.18. The van der Waals surface area contributed by atoms with E-state index < -0.39 is 20.9 Å². The fourth-order valence-electron chi connectivity index (χ4n) is 1.57. The van der Waals surface area contributed by atoms with E-state index in [1.807, 2.05) is 0 Å². The first-order valence-corrected chi connectivity index (χ1v) is 7.38. The zero-order chi connectivity index (χ0) is 15.3. The molecule has 2 rings (SSSR count). The molecule has 0 aliphatic carbocycles. The van der Waals surface area contributed by atoms with Gasteiger partial charge < -0.3 is 0 Å². The van der Waals surface area contributed by atoms with Crippen LogP contribution >= 0.6 is 0 Å². The maximum atomic E-state index is 12.1. The fraction of sp³-hybridized carbons (Fsp3) is 0. The number of ketones is 1. The molecular formula is C14H12N2O4S. The number of carbonyl (C=O) groups excluding carboxylic acids is 1. The van der Waals surface area contributed by atoms with Crippen LogP contribution in [0.25, 0.3) is 0 Å². The molecule has 0 saturated heterocycles. The van der Waals surface area contributed by atoms with Gasteiger partial charge in [-0.25, -0.2) is 0 Å². The van der Waals surface area contributed by atoms with Gasteiger partial charge in [0.25, 0.3) is 0 Å². The normalized spacial score (nSPS) is 12.0. The van der Waals surface area contributed by atoms with E-state index in [9.17, 15) is 13.2 Å². The average molecular weight is 304 g/mol. The van der Waals surface area contributed by atoms with Gasteiger partial charge in [-0.1, -0.05) is 48.5 Å². The molecule has 2 aromatic rings. The molecule has 0 heterocycles. The van der Waals surface area contributed by atoms with Crippen LogP contribution in [0.1, 0.15) is 10.4 Å². The van der Waals surface area contributed by atoms with E-state index in [-0.39, 0.29) is 5.56 Å². The summed E-state index contributed by atoms with van der Waals surface area (Å²) in [6.45, 7) is 0.